The lowest BCUT2D eigenvalue weighted by Gasteiger charge is -2.09. The van der Waals surface area contributed by atoms with Crippen molar-refractivity contribution in [3.05, 3.63) is 47.7 Å². The number of aromatic nitrogens is 4. The average molecular weight is 367 g/mol. The van der Waals surface area contributed by atoms with Crippen molar-refractivity contribution in [1.29, 1.82) is 0 Å². The van der Waals surface area contributed by atoms with Crippen molar-refractivity contribution in [2.24, 2.45) is 0 Å². The number of ether oxygens (including phenoxy) is 1. The number of hydrogen-bond donors (Lipinski definition) is 2. The number of phenolic OH excluding ortho intramolecular Hbond substituents is 1. The van der Waals surface area contributed by atoms with Crippen molar-refractivity contribution >= 4 is 5.82 Å². The van der Waals surface area contributed by atoms with Gasteiger partial charge in [0.05, 0.1) is 5.56 Å². The summed E-state index contributed by atoms with van der Waals surface area (Å²) in [4.78, 5) is 13.3. The van der Waals surface area contributed by atoms with Crippen LogP contribution in [0.5, 0.6) is 5.75 Å². The molecule has 2 N–H and O–H groups in total. The number of anilines is 1. The van der Waals surface area contributed by atoms with E-state index in [2.05, 4.69) is 25.4 Å². The molecule has 27 heavy (non-hydrogen) atoms. The van der Waals surface area contributed by atoms with Crippen LogP contribution in [0.3, 0.4) is 0 Å². The summed E-state index contributed by atoms with van der Waals surface area (Å²) >= 11 is 0. The smallest absolute Gasteiger partial charge is 0.255 e. The fourth-order valence-electron chi connectivity index (χ4n) is 3.02. The van der Waals surface area contributed by atoms with Gasteiger partial charge in [0.1, 0.15) is 17.7 Å². The second kappa shape index (κ2) is 7.71. The lowest BCUT2D eigenvalue weighted by molar-refractivity contribution is 0.0835. The normalized spacial score (nSPS) is 16.6. The molecule has 8 heteroatoms. The molecule has 0 amide bonds. The van der Waals surface area contributed by atoms with E-state index in [1.165, 1.54) is 0 Å². The highest BCUT2D eigenvalue weighted by Crippen LogP contribution is 2.28. The molecule has 0 saturated carbocycles. The van der Waals surface area contributed by atoms with Crippen LogP contribution in [0.15, 0.2) is 34.9 Å². The van der Waals surface area contributed by atoms with Gasteiger partial charge in [-0.05, 0) is 31.9 Å². The minimum atomic E-state index is -0.0650. The second-order valence-corrected chi connectivity index (χ2v) is 6.46. The van der Waals surface area contributed by atoms with Crippen LogP contribution in [-0.2, 0) is 11.2 Å². The Balaban J connectivity index is 1.40. The van der Waals surface area contributed by atoms with Crippen LogP contribution in [0.4, 0.5) is 5.82 Å². The van der Waals surface area contributed by atoms with E-state index in [0.29, 0.717) is 41.9 Å². The van der Waals surface area contributed by atoms with Crippen LogP contribution in [0.1, 0.15) is 36.4 Å². The Kier molecular flexibility index (Phi) is 4.97. The monoisotopic (exact) mass is 367 g/mol. The van der Waals surface area contributed by atoms with Crippen molar-refractivity contribution < 1.29 is 14.4 Å². The quantitative estimate of drug-likeness (QED) is 0.685. The highest BCUT2D eigenvalue weighted by Gasteiger charge is 2.23. The molecule has 0 bridgehead atoms. The van der Waals surface area contributed by atoms with E-state index >= 15 is 0 Å². The van der Waals surface area contributed by atoms with E-state index in [-0.39, 0.29) is 11.9 Å². The Hall–Kier alpha value is -3.00. The number of hydrogen-bond acceptors (Lipinski definition) is 8. The molecule has 0 radical (unpaired) electrons. The molecule has 4 rings (SSSR count). The first-order chi connectivity index (χ1) is 13.2. The van der Waals surface area contributed by atoms with Gasteiger partial charge < -0.3 is 19.7 Å². The van der Waals surface area contributed by atoms with Crippen molar-refractivity contribution in [2.45, 2.75) is 32.3 Å². The highest BCUT2D eigenvalue weighted by molar-refractivity contribution is 5.64. The summed E-state index contributed by atoms with van der Waals surface area (Å²) in [6, 6.07) is 8.88. The Morgan fingerprint density at radius 3 is 2.93 bits per heavy atom. The molecule has 1 aromatic carbocycles. The van der Waals surface area contributed by atoms with Crippen LogP contribution in [0.25, 0.3) is 11.4 Å². The van der Waals surface area contributed by atoms with Crippen molar-refractivity contribution in [3.8, 4) is 17.1 Å². The summed E-state index contributed by atoms with van der Waals surface area (Å²) in [6.07, 6.45) is 2.49. The molecule has 2 aromatic heterocycles. The molecule has 1 fully saturated rings. The zero-order valence-electron chi connectivity index (χ0n) is 15.1. The van der Waals surface area contributed by atoms with E-state index in [4.69, 9.17) is 9.26 Å². The Morgan fingerprint density at radius 2 is 2.11 bits per heavy atom. The maximum absolute atomic E-state index is 10.0. The molecule has 1 aliphatic heterocycles. The van der Waals surface area contributed by atoms with Gasteiger partial charge in [0, 0.05) is 31.3 Å². The molecular weight excluding hydrogens is 346 g/mol. The molecular formula is C19H21N5O3. The van der Waals surface area contributed by atoms with E-state index in [1.54, 1.807) is 18.2 Å². The van der Waals surface area contributed by atoms with E-state index in [9.17, 15) is 5.11 Å². The van der Waals surface area contributed by atoms with Crippen LogP contribution >= 0.6 is 0 Å². The minimum absolute atomic E-state index is 0.0650. The first-order valence-corrected chi connectivity index (χ1v) is 9.01. The van der Waals surface area contributed by atoms with Gasteiger partial charge in [-0.15, -0.1) is 0 Å². The molecule has 0 aliphatic carbocycles. The van der Waals surface area contributed by atoms with Crippen LogP contribution < -0.4 is 5.32 Å². The number of phenols is 1. The van der Waals surface area contributed by atoms with E-state index < -0.39 is 0 Å². The van der Waals surface area contributed by atoms with Gasteiger partial charge in [-0.3, -0.25) is 0 Å². The molecule has 8 nitrogen and oxygen atoms in total. The number of para-hydroxylation sites is 1. The fraction of sp³-hybridized carbons (Fsp3) is 0.368. The van der Waals surface area contributed by atoms with Crippen LogP contribution in [0.2, 0.25) is 0 Å². The van der Waals surface area contributed by atoms with E-state index in [0.717, 1.165) is 25.1 Å². The predicted molar refractivity (Wildman–Crippen MR) is 98.3 cm³/mol. The Bertz CT molecular complexity index is 921. The number of aryl methyl sites for hydroxylation is 1. The summed E-state index contributed by atoms with van der Waals surface area (Å²) in [5, 5.41) is 17.3. The largest absolute Gasteiger partial charge is 0.507 e. The molecule has 1 atom stereocenters. The van der Waals surface area contributed by atoms with Crippen molar-refractivity contribution in [2.75, 3.05) is 18.5 Å². The lowest BCUT2D eigenvalue weighted by Crippen LogP contribution is -2.09. The van der Waals surface area contributed by atoms with Crippen LogP contribution in [-0.4, -0.2) is 38.4 Å². The number of aromatic hydroxyl groups is 1. The number of rotatable bonds is 6. The predicted octanol–water partition coefficient (Wildman–Crippen LogP) is 3.05. The van der Waals surface area contributed by atoms with Gasteiger partial charge in [0.2, 0.25) is 0 Å². The topological polar surface area (TPSA) is 106 Å². The summed E-state index contributed by atoms with van der Waals surface area (Å²) in [5.74, 6) is 2.52. The minimum Gasteiger partial charge on any atom is -0.507 e. The zero-order valence-corrected chi connectivity index (χ0v) is 15.1. The Morgan fingerprint density at radius 1 is 1.22 bits per heavy atom. The Labute approximate surface area is 156 Å². The average Bonchev–Trinajstić information content (AvgIpc) is 3.33. The fourth-order valence-corrected chi connectivity index (χ4v) is 3.02. The first-order valence-electron chi connectivity index (χ1n) is 9.01. The lowest BCUT2D eigenvalue weighted by atomic mass is 10.2. The first kappa shape index (κ1) is 17.4. The van der Waals surface area contributed by atoms with Gasteiger partial charge in [0.25, 0.3) is 5.89 Å². The van der Waals surface area contributed by atoms with Gasteiger partial charge in [-0.25, -0.2) is 9.97 Å². The number of nitrogens with zero attached hydrogens (tertiary/aromatic N) is 4. The van der Waals surface area contributed by atoms with Gasteiger partial charge in [-0.1, -0.05) is 17.3 Å². The second-order valence-electron chi connectivity index (χ2n) is 6.46. The standard InChI is InChI=1S/C19H21N5O3/c1-12-11-17(22-18(21-12)13-5-2-3-6-14(13)25)20-9-8-16-23-19(27-24-16)15-7-4-10-26-15/h2-3,5-6,11,15,25H,4,7-10H2,1H3,(H,20,21,22)/t15-/m0/s1. The molecule has 3 heterocycles. The summed E-state index contributed by atoms with van der Waals surface area (Å²) in [6.45, 7) is 3.24. The van der Waals surface area contributed by atoms with Gasteiger partial charge in [-0.2, -0.15) is 4.98 Å². The summed E-state index contributed by atoms with van der Waals surface area (Å²) in [7, 11) is 0. The van der Waals surface area contributed by atoms with E-state index in [1.807, 2.05) is 19.1 Å². The molecule has 0 spiro atoms. The van der Waals surface area contributed by atoms with Gasteiger partial charge in [0.15, 0.2) is 11.6 Å². The maximum Gasteiger partial charge on any atom is 0.255 e. The zero-order chi connectivity index (χ0) is 18.6. The molecule has 140 valence electrons. The SMILES string of the molecule is Cc1cc(NCCc2noc([C@@H]3CCCO3)n2)nc(-c2ccccc2O)n1. The molecule has 1 aliphatic rings. The number of nitrogens with one attached hydrogen (secondary N) is 1. The third-order valence-electron chi connectivity index (χ3n) is 4.34. The maximum atomic E-state index is 10.0. The van der Waals surface area contributed by atoms with Crippen molar-refractivity contribution in [1.82, 2.24) is 20.1 Å². The third kappa shape index (κ3) is 4.06. The van der Waals surface area contributed by atoms with Gasteiger partial charge >= 0.3 is 0 Å². The number of benzene rings is 1. The molecule has 3 aromatic rings. The molecule has 0 unspecified atom stereocenters. The third-order valence-corrected chi connectivity index (χ3v) is 4.34. The van der Waals surface area contributed by atoms with Crippen molar-refractivity contribution in [3.63, 3.8) is 0 Å². The summed E-state index contributed by atoms with van der Waals surface area (Å²) < 4.78 is 10.8. The summed E-state index contributed by atoms with van der Waals surface area (Å²) in [5.41, 5.74) is 1.41. The molecule has 1 saturated heterocycles. The highest BCUT2D eigenvalue weighted by atomic mass is 16.5. The van der Waals surface area contributed by atoms with Crippen LogP contribution in [0, 0.1) is 6.92 Å².